The highest BCUT2D eigenvalue weighted by atomic mass is 35.5. The van der Waals surface area contributed by atoms with Gasteiger partial charge in [-0.25, -0.2) is 4.39 Å². The summed E-state index contributed by atoms with van der Waals surface area (Å²) in [5.74, 6) is -0.357. The molecule has 10 heteroatoms. The van der Waals surface area contributed by atoms with E-state index in [-0.39, 0.29) is 11.8 Å². The van der Waals surface area contributed by atoms with Crippen molar-refractivity contribution in [2.45, 2.75) is 6.92 Å². The van der Waals surface area contributed by atoms with E-state index < -0.39 is 11.8 Å². The highest BCUT2D eigenvalue weighted by molar-refractivity contribution is 6.34. The number of hydrogen-bond acceptors (Lipinski definition) is 6. The van der Waals surface area contributed by atoms with Gasteiger partial charge in [0.25, 0.3) is 5.91 Å². The molecular weight excluding hydrogens is 561 g/mol. The van der Waals surface area contributed by atoms with E-state index in [0.717, 1.165) is 0 Å². The van der Waals surface area contributed by atoms with Gasteiger partial charge in [-0.3, -0.25) is 9.59 Å². The molecule has 212 valence electrons. The Morgan fingerprint density at radius 2 is 1.57 bits per heavy atom. The lowest BCUT2D eigenvalue weighted by atomic mass is 10.0. The fourth-order valence-corrected chi connectivity index (χ4v) is 4.65. The molecule has 1 aromatic heterocycles. The second kappa shape index (κ2) is 12.2. The molecule has 0 atom stereocenters. The predicted octanol–water partition coefficient (Wildman–Crippen LogP) is 7.19. The maximum Gasteiger partial charge on any atom is 0.309 e. The molecule has 0 aliphatic heterocycles. The Balaban J connectivity index is 1.65. The lowest BCUT2D eigenvalue weighted by molar-refractivity contribution is -0.132. The number of ether oxygens (including phenoxy) is 3. The molecular formula is C32H25ClFN3O5. The van der Waals surface area contributed by atoms with Gasteiger partial charge in [0.2, 0.25) is 5.88 Å². The second-order valence-corrected chi connectivity index (χ2v) is 9.50. The van der Waals surface area contributed by atoms with E-state index >= 15 is 0 Å². The number of esters is 1. The standard InChI is InChI=1S/C32H25ClFN3O5/c1-19(38)42-32-29(20-11-14-23(15-12-20)35-31(39)25-9-4-5-10-26(25)33)30(21-13-16-27(40-2)28(17-21)41-3)36-37(32)24-8-6-7-22(34)18-24/h4-18H,1-3H3,(H,35,39). The number of halogens is 2. The SMILES string of the molecule is COc1ccc(-c2nn(-c3cccc(F)c3)c(OC(C)=O)c2-c2ccc(NC(=O)c3ccccc3Cl)cc2)cc1OC. The van der Waals surface area contributed by atoms with Crippen molar-refractivity contribution >= 4 is 29.2 Å². The van der Waals surface area contributed by atoms with Crippen LogP contribution in [0.2, 0.25) is 5.02 Å². The number of rotatable bonds is 8. The molecule has 1 amide bonds. The van der Waals surface area contributed by atoms with Gasteiger partial charge < -0.3 is 19.5 Å². The van der Waals surface area contributed by atoms with Crippen molar-refractivity contribution in [3.05, 3.63) is 107 Å². The largest absolute Gasteiger partial charge is 0.493 e. The molecule has 0 aliphatic rings. The summed E-state index contributed by atoms with van der Waals surface area (Å²) in [6.45, 7) is 1.27. The van der Waals surface area contributed by atoms with Gasteiger partial charge in [0, 0.05) is 18.2 Å². The van der Waals surface area contributed by atoms with Crippen LogP contribution in [0.1, 0.15) is 17.3 Å². The van der Waals surface area contributed by atoms with Gasteiger partial charge >= 0.3 is 5.97 Å². The van der Waals surface area contributed by atoms with E-state index in [1.54, 1.807) is 72.8 Å². The van der Waals surface area contributed by atoms with Crippen LogP contribution in [0.4, 0.5) is 10.1 Å². The molecule has 8 nitrogen and oxygen atoms in total. The first-order chi connectivity index (χ1) is 20.3. The third-order valence-electron chi connectivity index (χ3n) is 6.34. The van der Waals surface area contributed by atoms with Crippen molar-refractivity contribution in [3.63, 3.8) is 0 Å². The quantitative estimate of drug-likeness (QED) is 0.194. The van der Waals surface area contributed by atoms with Crippen LogP contribution in [0.15, 0.2) is 91.0 Å². The summed E-state index contributed by atoms with van der Waals surface area (Å²) in [4.78, 5) is 25.1. The maximum absolute atomic E-state index is 14.3. The molecule has 0 bridgehead atoms. The zero-order valence-electron chi connectivity index (χ0n) is 22.9. The third-order valence-corrected chi connectivity index (χ3v) is 6.67. The average molecular weight is 586 g/mol. The van der Waals surface area contributed by atoms with Crippen molar-refractivity contribution in [1.29, 1.82) is 0 Å². The van der Waals surface area contributed by atoms with Crippen LogP contribution < -0.4 is 19.5 Å². The Kier molecular flexibility index (Phi) is 8.21. The van der Waals surface area contributed by atoms with E-state index in [9.17, 15) is 14.0 Å². The number of aromatic nitrogens is 2. The Labute approximate surface area is 246 Å². The summed E-state index contributed by atoms with van der Waals surface area (Å²) in [7, 11) is 3.06. The maximum atomic E-state index is 14.3. The zero-order chi connectivity index (χ0) is 29.8. The van der Waals surface area contributed by atoms with Gasteiger partial charge in [-0.1, -0.05) is 41.9 Å². The Hall–Kier alpha value is -5.15. The summed E-state index contributed by atoms with van der Waals surface area (Å²) >= 11 is 6.18. The lowest BCUT2D eigenvalue weighted by Gasteiger charge is -2.12. The van der Waals surface area contributed by atoms with Crippen LogP contribution in [-0.2, 0) is 4.79 Å². The van der Waals surface area contributed by atoms with Gasteiger partial charge in [0.15, 0.2) is 11.5 Å². The number of carbonyl (C=O) groups is 2. The Morgan fingerprint density at radius 1 is 0.857 bits per heavy atom. The number of anilines is 1. The Morgan fingerprint density at radius 3 is 2.24 bits per heavy atom. The van der Waals surface area contributed by atoms with Crippen LogP contribution in [0, 0.1) is 5.82 Å². The van der Waals surface area contributed by atoms with Crippen molar-refractivity contribution in [2.24, 2.45) is 0 Å². The highest BCUT2D eigenvalue weighted by Crippen LogP contribution is 2.43. The molecule has 0 spiro atoms. The third kappa shape index (κ3) is 5.82. The average Bonchev–Trinajstić information content (AvgIpc) is 3.35. The number of carbonyl (C=O) groups excluding carboxylic acids is 2. The molecule has 0 radical (unpaired) electrons. The molecule has 0 aliphatic carbocycles. The van der Waals surface area contributed by atoms with Crippen LogP contribution >= 0.6 is 11.6 Å². The van der Waals surface area contributed by atoms with Crippen LogP contribution in [-0.4, -0.2) is 35.9 Å². The number of benzene rings is 4. The van der Waals surface area contributed by atoms with Crippen molar-refractivity contribution in [1.82, 2.24) is 9.78 Å². The molecule has 1 N–H and O–H groups in total. The molecule has 5 aromatic rings. The summed E-state index contributed by atoms with van der Waals surface area (Å²) in [6.07, 6.45) is 0. The number of nitrogens with one attached hydrogen (secondary N) is 1. The topological polar surface area (TPSA) is 91.7 Å². The molecule has 4 aromatic carbocycles. The number of methoxy groups -OCH3 is 2. The fourth-order valence-electron chi connectivity index (χ4n) is 4.43. The molecule has 0 saturated carbocycles. The van der Waals surface area contributed by atoms with E-state index in [0.29, 0.717) is 55.8 Å². The smallest absolute Gasteiger partial charge is 0.309 e. The molecule has 0 fully saturated rings. The number of amides is 1. The predicted molar refractivity (Wildman–Crippen MR) is 158 cm³/mol. The minimum absolute atomic E-state index is 0.0886. The molecule has 0 saturated heterocycles. The normalized spacial score (nSPS) is 10.7. The van der Waals surface area contributed by atoms with E-state index in [2.05, 4.69) is 5.32 Å². The first-order valence-corrected chi connectivity index (χ1v) is 13.1. The van der Waals surface area contributed by atoms with Crippen LogP contribution in [0.25, 0.3) is 28.1 Å². The second-order valence-electron chi connectivity index (χ2n) is 9.10. The number of nitrogens with zero attached hydrogens (tertiary/aromatic N) is 2. The first kappa shape index (κ1) is 28.4. The first-order valence-electron chi connectivity index (χ1n) is 12.7. The summed E-state index contributed by atoms with van der Waals surface area (Å²) in [5.41, 5.74) is 3.35. The minimum Gasteiger partial charge on any atom is -0.493 e. The van der Waals surface area contributed by atoms with E-state index in [1.165, 1.54) is 44.0 Å². The van der Waals surface area contributed by atoms with E-state index in [4.69, 9.17) is 30.9 Å². The van der Waals surface area contributed by atoms with Gasteiger partial charge in [-0.05, 0) is 66.2 Å². The monoisotopic (exact) mass is 585 g/mol. The zero-order valence-corrected chi connectivity index (χ0v) is 23.6. The van der Waals surface area contributed by atoms with Crippen molar-refractivity contribution in [2.75, 3.05) is 19.5 Å². The number of hydrogen-bond donors (Lipinski definition) is 1. The summed E-state index contributed by atoms with van der Waals surface area (Å²) in [6, 6.07) is 24.7. The van der Waals surface area contributed by atoms with Crippen LogP contribution in [0.3, 0.4) is 0 Å². The van der Waals surface area contributed by atoms with Gasteiger partial charge in [0.1, 0.15) is 11.5 Å². The van der Waals surface area contributed by atoms with Crippen molar-refractivity contribution in [3.8, 4) is 45.5 Å². The molecule has 5 rings (SSSR count). The van der Waals surface area contributed by atoms with Gasteiger partial charge in [-0.2, -0.15) is 9.78 Å². The highest BCUT2D eigenvalue weighted by Gasteiger charge is 2.25. The van der Waals surface area contributed by atoms with Crippen molar-refractivity contribution < 1.29 is 28.2 Å². The Bertz CT molecular complexity index is 1790. The fraction of sp³-hybridized carbons (Fsp3) is 0.0938. The lowest BCUT2D eigenvalue weighted by Crippen LogP contribution is -2.12. The van der Waals surface area contributed by atoms with E-state index in [1.807, 2.05) is 0 Å². The summed E-state index contributed by atoms with van der Waals surface area (Å²) < 4.78 is 32.2. The molecule has 1 heterocycles. The summed E-state index contributed by atoms with van der Waals surface area (Å²) in [5, 5.41) is 7.93. The van der Waals surface area contributed by atoms with Crippen LogP contribution in [0.5, 0.6) is 17.4 Å². The molecule has 42 heavy (non-hydrogen) atoms. The molecule has 0 unspecified atom stereocenters. The van der Waals surface area contributed by atoms with Gasteiger partial charge in [0.05, 0.1) is 36.1 Å². The minimum atomic E-state index is -0.587. The van der Waals surface area contributed by atoms with Gasteiger partial charge in [-0.15, -0.1) is 0 Å².